The number of aromatic carboxylic acids is 1. The van der Waals surface area contributed by atoms with Crippen molar-refractivity contribution in [3.8, 4) is 11.5 Å². The van der Waals surface area contributed by atoms with Crippen LogP contribution < -0.4 is 14.2 Å². The van der Waals surface area contributed by atoms with Crippen LogP contribution in [0, 0.1) is 20.8 Å². The highest BCUT2D eigenvalue weighted by atomic mass is 32.2. The van der Waals surface area contributed by atoms with Crippen LogP contribution in [0.15, 0.2) is 35.2 Å². The van der Waals surface area contributed by atoms with Crippen molar-refractivity contribution in [1.29, 1.82) is 0 Å². The van der Waals surface area contributed by atoms with Gasteiger partial charge in [-0.2, -0.15) is 17.9 Å². The average molecular weight is 515 g/mol. The van der Waals surface area contributed by atoms with E-state index in [2.05, 4.69) is 0 Å². The van der Waals surface area contributed by atoms with Gasteiger partial charge in [0.05, 0.1) is 24.6 Å². The number of alkyl halides is 3. The van der Waals surface area contributed by atoms with Gasteiger partial charge in [-0.1, -0.05) is 17.7 Å². The highest BCUT2D eigenvalue weighted by Crippen LogP contribution is 2.35. The Morgan fingerprint density at radius 1 is 1.06 bits per heavy atom. The number of methoxy groups -OCH3 is 2. The maximum Gasteiger partial charge on any atom is 0.406 e. The number of rotatable bonds is 8. The Hall–Kier alpha value is -3.25. The molecule has 1 aromatic heterocycles. The molecule has 2 N–H and O–H groups in total. The van der Waals surface area contributed by atoms with Gasteiger partial charge in [0, 0.05) is 24.1 Å². The Kier molecular flexibility index (Phi) is 7.09. The minimum atomic E-state index is -5.03. The van der Waals surface area contributed by atoms with Gasteiger partial charge in [0.2, 0.25) is 10.0 Å². The van der Waals surface area contributed by atoms with Gasteiger partial charge in [-0.05, 0) is 38.0 Å². The summed E-state index contributed by atoms with van der Waals surface area (Å²) in [5, 5.41) is 9.90. The smallest absolute Gasteiger partial charge is 0.406 e. The van der Waals surface area contributed by atoms with Crippen LogP contribution in [0.1, 0.15) is 27.2 Å². The van der Waals surface area contributed by atoms with Crippen molar-refractivity contribution < 1.29 is 41.0 Å². The highest BCUT2D eigenvalue weighted by molar-refractivity contribution is 7.89. The molecule has 0 aliphatic carbocycles. The van der Waals surface area contributed by atoms with Crippen LogP contribution in [0.5, 0.6) is 11.5 Å². The number of hydrogen-bond donors (Lipinski definition) is 2. The summed E-state index contributed by atoms with van der Waals surface area (Å²) in [6.07, 6.45) is -5.03. The van der Waals surface area contributed by atoms with Crippen LogP contribution in [-0.2, 0) is 16.6 Å². The second-order valence-electron chi connectivity index (χ2n) is 8.15. The molecule has 0 spiro atoms. The zero-order valence-corrected chi connectivity index (χ0v) is 20.5. The summed E-state index contributed by atoms with van der Waals surface area (Å²) >= 11 is 0. The van der Waals surface area contributed by atoms with Crippen molar-refractivity contribution in [3.63, 3.8) is 0 Å². The van der Waals surface area contributed by atoms with Crippen molar-refractivity contribution in [2.45, 2.75) is 44.4 Å². The first kappa shape index (κ1) is 26.4. The second kappa shape index (κ2) is 9.42. The minimum absolute atomic E-state index is 0.0785. The number of hydrogen-bond acceptors (Lipinski definition) is 5. The van der Waals surface area contributed by atoms with Gasteiger partial charge in [0.25, 0.3) is 0 Å². The van der Waals surface area contributed by atoms with E-state index in [1.807, 2.05) is 0 Å². The fourth-order valence-corrected chi connectivity index (χ4v) is 5.85. The Morgan fingerprint density at radius 3 is 2.14 bits per heavy atom. The minimum Gasteiger partial charge on any atom is -0.497 e. The predicted octanol–water partition coefficient (Wildman–Crippen LogP) is 4.19. The van der Waals surface area contributed by atoms with E-state index in [4.69, 9.17) is 9.47 Å². The van der Waals surface area contributed by atoms with Gasteiger partial charge < -0.3 is 19.1 Å². The monoisotopic (exact) mass is 514 g/mol. The normalized spacial score (nSPS) is 13.1. The zero-order chi connectivity index (χ0) is 26.3. The first-order valence-electron chi connectivity index (χ1n) is 10.3. The lowest BCUT2D eigenvalue weighted by molar-refractivity contribution is -0.154. The maximum atomic E-state index is 14.1. The summed E-state index contributed by atoms with van der Waals surface area (Å²) in [4.78, 5) is 11.6. The molecule has 1 atom stereocenters. The summed E-state index contributed by atoms with van der Waals surface area (Å²) in [6, 6.07) is 4.49. The molecule has 35 heavy (non-hydrogen) atoms. The largest absolute Gasteiger partial charge is 0.497 e. The number of nitrogens with zero attached hydrogens (tertiary/aromatic N) is 1. The third kappa shape index (κ3) is 5.22. The Morgan fingerprint density at radius 2 is 1.66 bits per heavy atom. The molecule has 12 heteroatoms. The van der Waals surface area contributed by atoms with E-state index in [0.717, 1.165) is 10.1 Å². The number of carbonyl (C=O) groups is 1. The summed E-state index contributed by atoms with van der Waals surface area (Å²) in [6.45, 7) is 3.71. The number of ether oxygens (including phenoxy) is 2. The van der Waals surface area contributed by atoms with Crippen LogP contribution in [0.3, 0.4) is 0 Å². The van der Waals surface area contributed by atoms with Gasteiger partial charge in [0.1, 0.15) is 23.2 Å². The number of fused-ring (bicyclic) bond motifs is 1. The average Bonchev–Trinajstić information content (AvgIpc) is 3.09. The molecule has 190 valence electrons. The number of benzene rings is 2. The highest BCUT2D eigenvalue weighted by Gasteiger charge is 2.44. The van der Waals surface area contributed by atoms with Gasteiger partial charge >= 0.3 is 12.1 Å². The molecule has 2 aromatic carbocycles. The molecule has 0 amide bonds. The summed E-state index contributed by atoms with van der Waals surface area (Å²) in [7, 11) is -1.95. The Labute approximate surface area is 200 Å². The van der Waals surface area contributed by atoms with Crippen molar-refractivity contribution in [2.75, 3.05) is 14.2 Å². The fourth-order valence-electron chi connectivity index (χ4n) is 4.19. The molecule has 8 nitrogen and oxygen atoms in total. The number of nitrogens with one attached hydrogen (secondary N) is 1. The van der Waals surface area contributed by atoms with E-state index in [1.165, 1.54) is 46.3 Å². The molecule has 0 fully saturated rings. The lowest BCUT2D eigenvalue weighted by Gasteiger charge is -2.24. The maximum absolute atomic E-state index is 14.1. The molecule has 0 saturated carbocycles. The molecule has 3 aromatic rings. The number of aryl methyl sites for hydroxylation is 3. The summed E-state index contributed by atoms with van der Waals surface area (Å²) in [5.41, 5.74) is 0.961. The quantitative estimate of drug-likeness (QED) is 0.467. The number of aromatic nitrogens is 1. The van der Waals surface area contributed by atoms with Crippen molar-refractivity contribution in [1.82, 2.24) is 9.29 Å². The molecular formula is C23H25F3N2O6S. The zero-order valence-electron chi connectivity index (χ0n) is 19.6. The van der Waals surface area contributed by atoms with Crippen LogP contribution in [0.2, 0.25) is 0 Å². The molecule has 0 aliphatic rings. The topological polar surface area (TPSA) is 107 Å². The third-order valence-electron chi connectivity index (χ3n) is 5.56. The van der Waals surface area contributed by atoms with Crippen LogP contribution in [0.4, 0.5) is 13.2 Å². The lowest BCUT2D eigenvalue weighted by atomic mass is 10.1. The van der Waals surface area contributed by atoms with Crippen LogP contribution >= 0.6 is 0 Å². The number of carboxylic acids is 1. The number of halogens is 3. The van der Waals surface area contributed by atoms with E-state index >= 15 is 0 Å². The molecule has 1 heterocycles. The van der Waals surface area contributed by atoms with Crippen LogP contribution in [-0.4, -0.2) is 50.5 Å². The van der Waals surface area contributed by atoms with Crippen molar-refractivity contribution in [2.24, 2.45) is 0 Å². The first-order valence-corrected chi connectivity index (χ1v) is 11.8. The molecule has 3 rings (SSSR count). The molecule has 0 saturated heterocycles. The van der Waals surface area contributed by atoms with E-state index in [9.17, 15) is 31.5 Å². The van der Waals surface area contributed by atoms with E-state index in [1.54, 1.807) is 23.8 Å². The molecule has 1 unspecified atom stereocenters. The first-order chi connectivity index (χ1) is 16.2. The molecule has 0 aliphatic heterocycles. The van der Waals surface area contributed by atoms with E-state index in [0.29, 0.717) is 11.1 Å². The van der Waals surface area contributed by atoms with Crippen molar-refractivity contribution in [3.05, 3.63) is 52.7 Å². The van der Waals surface area contributed by atoms with Gasteiger partial charge in [-0.25, -0.2) is 13.2 Å². The third-order valence-corrected chi connectivity index (χ3v) is 7.34. The Bertz CT molecular complexity index is 1370. The van der Waals surface area contributed by atoms with Gasteiger partial charge in [-0.15, -0.1) is 0 Å². The lowest BCUT2D eigenvalue weighted by Crippen LogP contribution is -2.48. The standard InChI is InChI=1S/C23H25F3N2O6S/c1-12-6-13(2)21(14(3)7-12)35(31,32)27-20(23(24,25)26)11-28-17-8-15(33-4)9-19(34-5)16(17)10-18(28)22(29)30/h6-10,20,27H,11H2,1-5H3,(H,29,30). The van der Waals surface area contributed by atoms with Gasteiger partial charge in [0.15, 0.2) is 0 Å². The summed E-state index contributed by atoms with van der Waals surface area (Å²) < 4.78 is 81.5. The van der Waals surface area contributed by atoms with Crippen LogP contribution in [0.25, 0.3) is 10.9 Å². The predicted molar refractivity (Wildman–Crippen MR) is 123 cm³/mol. The Balaban J connectivity index is 2.16. The van der Waals surface area contributed by atoms with E-state index in [-0.39, 0.29) is 27.3 Å². The van der Waals surface area contributed by atoms with Crippen molar-refractivity contribution >= 4 is 26.9 Å². The fraction of sp³-hybridized carbons (Fsp3) is 0.348. The molecule has 0 bridgehead atoms. The van der Waals surface area contributed by atoms with E-state index < -0.39 is 40.4 Å². The number of carboxylic acid groups (broad SMARTS) is 1. The summed E-state index contributed by atoms with van der Waals surface area (Å²) in [5.74, 6) is -1.08. The molecular weight excluding hydrogens is 489 g/mol. The second-order valence-corrected chi connectivity index (χ2v) is 9.80. The van der Waals surface area contributed by atoms with Gasteiger partial charge in [-0.3, -0.25) is 0 Å². The molecule has 0 radical (unpaired) electrons. The number of sulfonamides is 1. The SMILES string of the molecule is COc1cc(OC)c2cc(C(=O)O)n(CC(NS(=O)(=O)c3c(C)cc(C)cc3C)C(F)(F)F)c2c1.